The fourth-order valence-electron chi connectivity index (χ4n) is 2.74. The Morgan fingerprint density at radius 3 is 2.52 bits per heavy atom. The first-order chi connectivity index (χ1) is 14.1. The molecule has 1 atom stereocenters. The standard InChI is InChI=1S/C20H20N6O2S/c1-13(18-23-24-19(28-18)15-6-4-3-5-7-15)29-20-25-22-17(26(20)21)12-14-8-10-16(27-2)11-9-14/h3-11,13H,12,21H2,1-2H3/t13-/m0/s1. The van der Waals surface area contributed by atoms with Crippen LogP contribution in [0.5, 0.6) is 5.75 Å². The van der Waals surface area contributed by atoms with Gasteiger partial charge in [0.1, 0.15) is 5.75 Å². The molecule has 0 aliphatic carbocycles. The number of hydrogen-bond acceptors (Lipinski definition) is 8. The summed E-state index contributed by atoms with van der Waals surface area (Å²) in [6.45, 7) is 1.96. The minimum absolute atomic E-state index is 0.125. The van der Waals surface area contributed by atoms with Crippen molar-refractivity contribution in [1.82, 2.24) is 25.1 Å². The average molecular weight is 408 g/mol. The molecule has 0 amide bonds. The number of methoxy groups -OCH3 is 1. The third-order valence-corrected chi connectivity index (χ3v) is 5.39. The van der Waals surface area contributed by atoms with E-state index in [0.29, 0.717) is 29.2 Å². The minimum atomic E-state index is -0.125. The first kappa shape index (κ1) is 19.0. The van der Waals surface area contributed by atoms with E-state index in [-0.39, 0.29) is 5.25 Å². The molecule has 0 saturated heterocycles. The van der Waals surface area contributed by atoms with Gasteiger partial charge in [-0.15, -0.1) is 20.4 Å². The van der Waals surface area contributed by atoms with E-state index < -0.39 is 0 Å². The molecule has 0 aliphatic heterocycles. The van der Waals surface area contributed by atoms with Crippen LogP contribution in [0.2, 0.25) is 0 Å². The molecular formula is C20H20N6O2S. The summed E-state index contributed by atoms with van der Waals surface area (Å²) in [5, 5.41) is 17.2. The lowest BCUT2D eigenvalue weighted by atomic mass is 10.1. The van der Waals surface area contributed by atoms with Gasteiger partial charge in [0.05, 0.1) is 12.4 Å². The second kappa shape index (κ2) is 8.36. The number of nitrogens with zero attached hydrogens (tertiary/aromatic N) is 5. The Balaban J connectivity index is 1.45. The van der Waals surface area contributed by atoms with E-state index in [1.54, 1.807) is 7.11 Å². The van der Waals surface area contributed by atoms with Gasteiger partial charge < -0.3 is 15.0 Å². The van der Waals surface area contributed by atoms with Crippen molar-refractivity contribution >= 4 is 11.8 Å². The Labute approximate surface area is 172 Å². The normalized spacial score (nSPS) is 12.1. The molecule has 2 aromatic heterocycles. The number of nitrogens with two attached hydrogens (primary N) is 1. The number of thioether (sulfide) groups is 1. The van der Waals surface area contributed by atoms with Crippen molar-refractivity contribution in [1.29, 1.82) is 0 Å². The number of nitrogen functional groups attached to an aromatic ring is 1. The van der Waals surface area contributed by atoms with Gasteiger partial charge in [0, 0.05) is 12.0 Å². The van der Waals surface area contributed by atoms with Crippen molar-refractivity contribution in [2.45, 2.75) is 23.8 Å². The summed E-state index contributed by atoms with van der Waals surface area (Å²) in [5.41, 5.74) is 1.95. The quantitative estimate of drug-likeness (QED) is 0.366. The zero-order valence-corrected chi connectivity index (χ0v) is 16.8. The van der Waals surface area contributed by atoms with Crippen molar-refractivity contribution in [3.8, 4) is 17.2 Å². The molecule has 0 fully saturated rings. The monoisotopic (exact) mass is 408 g/mol. The molecule has 0 aliphatic rings. The van der Waals surface area contributed by atoms with Crippen molar-refractivity contribution in [2.24, 2.45) is 0 Å². The molecule has 4 aromatic rings. The van der Waals surface area contributed by atoms with Gasteiger partial charge in [-0.25, -0.2) is 4.68 Å². The highest BCUT2D eigenvalue weighted by molar-refractivity contribution is 7.99. The van der Waals surface area contributed by atoms with E-state index in [1.165, 1.54) is 16.4 Å². The smallest absolute Gasteiger partial charge is 0.247 e. The summed E-state index contributed by atoms with van der Waals surface area (Å²) in [4.78, 5) is 0. The van der Waals surface area contributed by atoms with Crippen LogP contribution in [0.25, 0.3) is 11.5 Å². The molecule has 0 spiro atoms. The van der Waals surface area contributed by atoms with E-state index in [4.69, 9.17) is 15.0 Å². The van der Waals surface area contributed by atoms with Crippen molar-refractivity contribution < 1.29 is 9.15 Å². The van der Waals surface area contributed by atoms with Crippen LogP contribution in [0, 0.1) is 0 Å². The Morgan fingerprint density at radius 2 is 1.79 bits per heavy atom. The molecular weight excluding hydrogens is 388 g/mol. The SMILES string of the molecule is COc1ccc(Cc2nnc(S[C@@H](C)c3nnc(-c4ccccc4)o3)n2N)cc1. The van der Waals surface area contributed by atoms with Crippen LogP contribution in [0.4, 0.5) is 0 Å². The summed E-state index contributed by atoms with van der Waals surface area (Å²) in [5.74, 6) is 8.68. The average Bonchev–Trinajstić information content (AvgIpc) is 3.38. The summed E-state index contributed by atoms with van der Waals surface area (Å²) in [6.07, 6.45) is 0.571. The van der Waals surface area contributed by atoms with Gasteiger partial charge in [-0.1, -0.05) is 42.1 Å². The van der Waals surface area contributed by atoms with E-state index in [1.807, 2.05) is 61.5 Å². The number of aromatic nitrogens is 5. The van der Waals surface area contributed by atoms with Gasteiger partial charge in [0.25, 0.3) is 0 Å². The van der Waals surface area contributed by atoms with Gasteiger partial charge in [-0.3, -0.25) is 0 Å². The van der Waals surface area contributed by atoms with Gasteiger partial charge >= 0.3 is 0 Å². The fraction of sp³-hybridized carbons (Fsp3) is 0.200. The largest absolute Gasteiger partial charge is 0.497 e. The van der Waals surface area contributed by atoms with Crippen LogP contribution >= 0.6 is 11.8 Å². The van der Waals surface area contributed by atoms with Crippen molar-refractivity contribution in [2.75, 3.05) is 13.0 Å². The van der Waals surface area contributed by atoms with Crippen LogP contribution in [0.3, 0.4) is 0 Å². The molecule has 8 nitrogen and oxygen atoms in total. The Hall–Kier alpha value is -3.33. The maximum atomic E-state index is 6.21. The highest BCUT2D eigenvalue weighted by Crippen LogP contribution is 2.34. The number of rotatable bonds is 7. The topological polar surface area (TPSA) is 105 Å². The van der Waals surface area contributed by atoms with E-state index in [2.05, 4.69) is 20.4 Å². The fourth-order valence-corrected chi connectivity index (χ4v) is 3.56. The van der Waals surface area contributed by atoms with Crippen LogP contribution in [0.1, 0.15) is 29.5 Å². The second-order valence-electron chi connectivity index (χ2n) is 6.37. The molecule has 4 rings (SSSR count). The summed E-state index contributed by atoms with van der Waals surface area (Å²) >= 11 is 1.42. The highest BCUT2D eigenvalue weighted by atomic mass is 32.2. The zero-order valence-electron chi connectivity index (χ0n) is 16.0. The Kier molecular flexibility index (Phi) is 5.48. The lowest BCUT2D eigenvalue weighted by molar-refractivity contribution is 0.414. The van der Waals surface area contributed by atoms with Crippen LogP contribution < -0.4 is 10.6 Å². The highest BCUT2D eigenvalue weighted by Gasteiger charge is 2.20. The molecule has 2 heterocycles. The molecule has 0 unspecified atom stereocenters. The third kappa shape index (κ3) is 4.24. The number of benzene rings is 2. The summed E-state index contributed by atoms with van der Waals surface area (Å²) in [6, 6.07) is 17.4. The van der Waals surface area contributed by atoms with Gasteiger partial charge in [-0.2, -0.15) is 0 Å². The van der Waals surface area contributed by atoms with Crippen LogP contribution in [0.15, 0.2) is 64.2 Å². The molecule has 29 heavy (non-hydrogen) atoms. The zero-order chi connectivity index (χ0) is 20.2. The van der Waals surface area contributed by atoms with E-state index in [9.17, 15) is 0 Å². The minimum Gasteiger partial charge on any atom is -0.497 e. The summed E-state index contributed by atoms with van der Waals surface area (Å²) in [7, 11) is 1.64. The molecule has 2 N–H and O–H groups in total. The predicted molar refractivity (Wildman–Crippen MR) is 110 cm³/mol. The third-order valence-electron chi connectivity index (χ3n) is 4.35. The van der Waals surface area contributed by atoms with Gasteiger partial charge in [-0.05, 0) is 36.8 Å². The van der Waals surface area contributed by atoms with E-state index >= 15 is 0 Å². The molecule has 0 bridgehead atoms. The van der Waals surface area contributed by atoms with Crippen molar-refractivity contribution in [3.05, 3.63) is 71.9 Å². The Morgan fingerprint density at radius 1 is 1.03 bits per heavy atom. The lowest BCUT2D eigenvalue weighted by Gasteiger charge is -2.07. The molecule has 0 radical (unpaired) electrons. The predicted octanol–water partition coefficient (Wildman–Crippen LogP) is 3.49. The maximum Gasteiger partial charge on any atom is 0.247 e. The maximum absolute atomic E-state index is 6.21. The number of ether oxygens (including phenoxy) is 1. The van der Waals surface area contributed by atoms with Crippen LogP contribution in [-0.2, 0) is 6.42 Å². The molecule has 148 valence electrons. The first-order valence-electron chi connectivity index (χ1n) is 9.02. The molecule has 2 aromatic carbocycles. The molecule has 0 saturated carbocycles. The molecule has 9 heteroatoms. The first-order valence-corrected chi connectivity index (χ1v) is 9.90. The lowest BCUT2D eigenvalue weighted by Crippen LogP contribution is -2.14. The summed E-state index contributed by atoms with van der Waals surface area (Å²) < 4.78 is 12.5. The van der Waals surface area contributed by atoms with E-state index in [0.717, 1.165) is 16.9 Å². The Bertz CT molecular complexity index is 1080. The van der Waals surface area contributed by atoms with Crippen molar-refractivity contribution in [3.63, 3.8) is 0 Å². The second-order valence-corrected chi connectivity index (χ2v) is 7.67. The van der Waals surface area contributed by atoms with Gasteiger partial charge in [0.2, 0.25) is 16.9 Å². The van der Waals surface area contributed by atoms with Gasteiger partial charge in [0.15, 0.2) is 5.82 Å². The number of hydrogen-bond donors (Lipinski definition) is 1. The van der Waals surface area contributed by atoms with Crippen LogP contribution in [-0.4, -0.2) is 32.2 Å².